The van der Waals surface area contributed by atoms with Crippen LogP contribution in [-0.2, 0) is 4.79 Å². The molecular weight excluding hydrogens is 257 g/mol. The normalized spacial score (nSPS) is 23.2. The fraction of sp³-hybridized carbons (Fsp3) is 0.462. The monoisotopic (exact) mass is 272 g/mol. The summed E-state index contributed by atoms with van der Waals surface area (Å²) >= 11 is 0. The van der Waals surface area contributed by atoms with E-state index in [4.69, 9.17) is 0 Å². The number of carbonyl (C=O) groups is 1. The van der Waals surface area contributed by atoms with Gasteiger partial charge in [-0.05, 0) is 26.3 Å². The molecule has 1 unspecified atom stereocenters. The average molecular weight is 272 g/mol. The van der Waals surface area contributed by atoms with Crippen molar-refractivity contribution in [3.8, 4) is 0 Å². The van der Waals surface area contributed by atoms with E-state index in [1.54, 1.807) is 6.92 Å². The molecule has 0 bridgehead atoms. The lowest BCUT2D eigenvalue weighted by atomic mass is 9.82. The molecule has 0 saturated carbocycles. The van der Waals surface area contributed by atoms with E-state index in [0.29, 0.717) is 25.1 Å². The van der Waals surface area contributed by atoms with Gasteiger partial charge in [0.25, 0.3) is 0 Å². The summed E-state index contributed by atoms with van der Waals surface area (Å²) < 4.78 is 39.7. The first kappa shape index (κ1) is 13.9. The zero-order valence-corrected chi connectivity index (χ0v) is 10.5. The van der Waals surface area contributed by atoms with Gasteiger partial charge in [-0.2, -0.15) is 0 Å². The number of halogens is 3. The molecule has 6 heteroatoms. The molecule has 2 rings (SSSR count). The Balaban J connectivity index is 2.19. The molecule has 1 amide bonds. The summed E-state index contributed by atoms with van der Waals surface area (Å²) in [6.45, 7) is 3.00. The second-order valence-electron chi connectivity index (χ2n) is 5.04. The lowest BCUT2D eigenvalue weighted by Gasteiger charge is -2.32. The van der Waals surface area contributed by atoms with Crippen molar-refractivity contribution < 1.29 is 18.0 Å². The molecule has 1 aromatic rings. The third kappa shape index (κ3) is 2.89. The zero-order valence-electron chi connectivity index (χ0n) is 10.5. The van der Waals surface area contributed by atoms with E-state index < -0.39 is 34.5 Å². The molecule has 0 spiro atoms. The van der Waals surface area contributed by atoms with Gasteiger partial charge in [-0.1, -0.05) is 0 Å². The van der Waals surface area contributed by atoms with E-state index in [-0.39, 0.29) is 0 Å². The Morgan fingerprint density at radius 2 is 1.95 bits per heavy atom. The summed E-state index contributed by atoms with van der Waals surface area (Å²) in [6, 6.07) is 1.08. The maximum Gasteiger partial charge on any atom is 0.231 e. The van der Waals surface area contributed by atoms with Gasteiger partial charge in [0.15, 0.2) is 11.6 Å². The van der Waals surface area contributed by atoms with Gasteiger partial charge in [0.2, 0.25) is 5.91 Å². The van der Waals surface area contributed by atoms with Crippen LogP contribution in [0.15, 0.2) is 12.1 Å². The summed E-state index contributed by atoms with van der Waals surface area (Å²) in [6.07, 6.45) is 1.45. The zero-order chi connectivity index (χ0) is 14.0. The van der Waals surface area contributed by atoms with Gasteiger partial charge in [-0.25, -0.2) is 13.2 Å². The molecule has 0 radical (unpaired) electrons. The molecule has 1 aliphatic rings. The van der Waals surface area contributed by atoms with Gasteiger partial charge in [0.05, 0.1) is 5.41 Å². The van der Waals surface area contributed by atoms with Crippen molar-refractivity contribution in [2.75, 3.05) is 18.4 Å². The van der Waals surface area contributed by atoms with E-state index in [0.717, 1.165) is 13.0 Å². The summed E-state index contributed by atoms with van der Waals surface area (Å²) in [4.78, 5) is 12.1. The van der Waals surface area contributed by atoms with E-state index >= 15 is 0 Å². The van der Waals surface area contributed by atoms with Gasteiger partial charge >= 0.3 is 0 Å². The van der Waals surface area contributed by atoms with Crippen LogP contribution in [0.2, 0.25) is 0 Å². The molecule has 104 valence electrons. The van der Waals surface area contributed by atoms with Crippen LogP contribution in [0.3, 0.4) is 0 Å². The Labute approximate surface area is 109 Å². The Morgan fingerprint density at radius 3 is 2.47 bits per heavy atom. The largest absolute Gasteiger partial charge is 0.321 e. The van der Waals surface area contributed by atoms with Gasteiger partial charge < -0.3 is 10.6 Å². The van der Waals surface area contributed by atoms with Crippen molar-refractivity contribution >= 4 is 11.6 Å². The molecule has 1 aromatic carbocycles. The molecule has 1 saturated heterocycles. The van der Waals surface area contributed by atoms with E-state index in [9.17, 15) is 18.0 Å². The quantitative estimate of drug-likeness (QED) is 0.868. The number of nitrogens with one attached hydrogen (secondary N) is 2. The SMILES string of the molecule is CC1(C(=O)Nc2c(F)cc(F)cc2F)CCCNC1. The predicted octanol–water partition coefficient (Wildman–Crippen LogP) is 2.43. The molecule has 0 aliphatic carbocycles. The fourth-order valence-corrected chi connectivity index (χ4v) is 2.18. The molecule has 1 fully saturated rings. The Morgan fingerprint density at radius 1 is 1.32 bits per heavy atom. The first-order valence-corrected chi connectivity index (χ1v) is 6.09. The smallest absolute Gasteiger partial charge is 0.231 e. The predicted molar refractivity (Wildman–Crippen MR) is 65.2 cm³/mol. The highest BCUT2D eigenvalue weighted by Crippen LogP contribution is 2.29. The number of anilines is 1. The van der Waals surface area contributed by atoms with Crippen LogP contribution in [0, 0.1) is 22.9 Å². The summed E-state index contributed by atoms with van der Waals surface area (Å²) in [5.74, 6) is -3.71. The molecule has 1 atom stereocenters. The van der Waals surface area contributed by atoms with Gasteiger partial charge in [0, 0.05) is 18.7 Å². The summed E-state index contributed by atoms with van der Waals surface area (Å²) in [5, 5.41) is 5.29. The van der Waals surface area contributed by atoms with Crippen molar-refractivity contribution in [3.63, 3.8) is 0 Å². The van der Waals surface area contributed by atoms with Crippen LogP contribution in [0.5, 0.6) is 0 Å². The first-order chi connectivity index (χ1) is 8.92. The second kappa shape index (κ2) is 5.21. The lowest BCUT2D eigenvalue weighted by molar-refractivity contribution is -0.125. The number of carbonyl (C=O) groups excluding carboxylic acids is 1. The van der Waals surface area contributed by atoms with Gasteiger partial charge in [-0.15, -0.1) is 0 Å². The standard InChI is InChI=1S/C13H15F3N2O/c1-13(3-2-4-17-7-13)12(19)18-11-9(15)5-8(14)6-10(11)16/h5-6,17H,2-4,7H2,1H3,(H,18,19). The molecule has 3 nitrogen and oxygen atoms in total. The molecule has 0 aromatic heterocycles. The van der Waals surface area contributed by atoms with Gasteiger partial charge in [-0.3, -0.25) is 4.79 Å². The first-order valence-electron chi connectivity index (χ1n) is 6.09. The minimum absolute atomic E-state index is 0.448. The summed E-state index contributed by atoms with van der Waals surface area (Å²) in [7, 11) is 0. The Kier molecular flexibility index (Phi) is 3.80. The van der Waals surface area contributed by atoms with Crippen LogP contribution in [0.25, 0.3) is 0 Å². The van der Waals surface area contributed by atoms with E-state index in [1.165, 1.54) is 0 Å². The van der Waals surface area contributed by atoms with Crippen LogP contribution in [-0.4, -0.2) is 19.0 Å². The third-order valence-electron chi connectivity index (χ3n) is 3.39. The van der Waals surface area contributed by atoms with E-state index in [1.807, 2.05) is 0 Å². The van der Waals surface area contributed by atoms with Gasteiger partial charge in [0.1, 0.15) is 11.5 Å². The minimum Gasteiger partial charge on any atom is -0.321 e. The topological polar surface area (TPSA) is 41.1 Å². The van der Waals surface area contributed by atoms with Crippen LogP contribution in [0.4, 0.5) is 18.9 Å². The molecule has 19 heavy (non-hydrogen) atoms. The maximum atomic E-state index is 13.5. The number of rotatable bonds is 2. The molecular formula is C13H15F3N2O. The molecule has 1 heterocycles. The van der Waals surface area contributed by atoms with E-state index in [2.05, 4.69) is 10.6 Å². The number of hydrogen-bond donors (Lipinski definition) is 2. The second-order valence-corrected chi connectivity index (χ2v) is 5.04. The minimum atomic E-state index is -1.11. The van der Waals surface area contributed by atoms with Crippen molar-refractivity contribution in [3.05, 3.63) is 29.6 Å². The number of piperidine rings is 1. The van der Waals surface area contributed by atoms with Crippen molar-refractivity contribution in [1.29, 1.82) is 0 Å². The lowest BCUT2D eigenvalue weighted by Crippen LogP contribution is -2.46. The Hall–Kier alpha value is -1.56. The van der Waals surface area contributed by atoms with Crippen molar-refractivity contribution in [2.45, 2.75) is 19.8 Å². The molecule has 1 aliphatic heterocycles. The highest BCUT2D eigenvalue weighted by molar-refractivity contribution is 5.95. The average Bonchev–Trinajstić information content (AvgIpc) is 2.34. The summed E-state index contributed by atoms with van der Waals surface area (Å²) in [5.41, 5.74) is -1.32. The van der Waals surface area contributed by atoms with Crippen LogP contribution in [0.1, 0.15) is 19.8 Å². The number of amides is 1. The third-order valence-corrected chi connectivity index (χ3v) is 3.39. The fourth-order valence-electron chi connectivity index (χ4n) is 2.18. The van der Waals surface area contributed by atoms with Crippen LogP contribution < -0.4 is 10.6 Å². The molecule has 2 N–H and O–H groups in total. The maximum absolute atomic E-state index is 13.5. The number of hydrogen-bond acceptors (Lipinski definition) is 2. The Bertz CT molecular complexity index is 476. The highest BCUT2D eigenvalue weighted by atomic mass is 19.1. The van der Waals surface area contributed by atoms with Crippen LogP contribution >= 0.6 is 0 Å². The van der Waals surface area contributed by atoms with Crippen molar-refractivity contribution in [2.24, 2.45) is 5.41 Å². The van der Waals surface area contributed by atoms with Crippen molar-refractivity contribution in [1.82, 2.24) is 5.32 Å². The number of benzene rings is 1. The highest BCUT2D eigenvalue weighted by Gasteiger charge is 2.35.